The quantitative estimate of drug-likeness (QED) is 0.872. The van der Waals surface area contributed by atoms with Crippen molar-refractivity contribution in [1.82, 2.24) is 4.98 Å². The second-order valence-electron chi connectivity index (χ2n) is 3.65. The van der Waals surface area contributed by atoms with E-state index in [0.29, 0.717) is 16.1 Å². The minimum atomic E-state index is -0.511. The fraction of sp³-hybridized carbons (Fsp3) is 0.0769. The summed E-state index contributed by atoms with van der Waals surface area (Å²) >= 11 is 1.17. The van der Waals surface area contributed by atoms with Crippen molar-refractivity contribution >= 4 is 28.9 Å². The standard InChI is InChI=1S/C13H9N3O3S/c1-19-13(18)11-9(4-5-20-11)16-12(17)10-3-2-8(6-14)7-15-10/h2-5,7H,1H3,(H,16,17). The van der Waals surface area contributed by atoms with Gasteiger partial charge in [0.2, 0.25) is 0 Å². The zero-order valence-electron chi connectivity index (χ0n) is 10.4. The molecule has 0 radical (unpaired) electrons. The van der Waals surface area contributed by atoms with Crippen LogP contribution in [-0.2, 0) is 4.74 Å². The highest BCUT2D eigenvalue weighted by molar-refractivity contribution is 7.12. The summed E-state index contributed by atoms with van der Waals surface area (Å²) in [4.78, 5) is 27.6. The molecule has 2 aromatic heterocycles. The van der Waals surface area contributed by atoms with Crippen molar-refractivity contribution in [2.24, 2.45) is 0 Å². The first-order valence-corrected chi connectivity index (χ1v) is 6.37. The van der Waals surface area contributed by atoms with Gasteiger partial charge in [0, 0.05) is 6.20 Å². The molecule has 0 bridgehead atoms. The van der Waals surface area contributed by atoms with Crippen LogP contribution in [0.3, 0.4) is 0 Å². The molecule has 0 atom stereocenters. The Bertz CT molecular complexity index is 686. The van der Waals surface area contributed by atoms with E-state index in [2.05, 4.69) is 15.0 Å². The first-order chi connectivity index (χ1) is 9.65. The Hall–Kier alpha value is -2.72. The van der Waals surface area contributed by atoms with E-state index in [-0.39, 0.29) is 5.69 Å². The molecule has 0 aliphatic carbocycles. The lowest BCUT2D eigenvalue weighted by Gasteiger charge is -2.04. The minimum Gasteiger partial charge on any atom is -0.465 e. The molecule has 6 nitrogen and oxygen atoms in total. The lowest BCUT2D eigenvalue weighted by Crippen LogP contribution is -2.15. The number of carbonyl (C=O) groups is 2. The number of thiophene rings is 1. The van der Waals surface area contributed by atoms with Gasteiger partial charge >= 0.3 is 5.97 Å². The van der Waals surface area contributed by atoms with E-state index in [1.807, 2.05) is 6.07 Å². The Morgan fingerprint density at radius 2 is 2.20 bits per heavy atom. The second kappa shape index (κ2) is 5.95. The number of esters is 1. The largest absolute Gasteiger partial charge is 0.465 e. The molecule has 0 aliphatic rings. The zero-order chi connectivity index (χ0) is 14.5. The van der Waals surface area contributed by atoms with E-state index in [4.69, 9.17) is 5.26 Å². The van der Waals surface area contributed by atoms with Gasteiger partial charge in [0.1, 0.15) is 16.6 Å². The molecule has 100 valence electrons. The van der Waals surface area contributed by atoms with Gasteiger partial charge in [-0.05, 0) is 23.6 Å². The van der Waals surface area contributed by atoms with Crippen molar-refractivity contribution in [1.29, 1.82) is 5.26 Å². The van der Waals surface area contributed by atoms with E-state index in [9.17, 15) is 9.59 Å². The third kappa shape index (κ3) is 2.81. The lowest BCUT2D eigenvalue weighted by molar-refractivity contribution is 0.0607. The van der Waals surface area contributed by atoms with Crippen LogP contribution in [0.4, 0.5) is 5.69 Å². The molecule has 0 saturated heterocycles. The molecule has 2 rings (SSSR count). The molecule has 0 aromatic carbocycles. The van der Waals surface area contributed by atoms with E-state index >= 15 is 0 Å². The summed E-state index contributed by atoms with van der Waals surface area (Å²) in [6.07, 6.45) is 1.31. The predicted octanol–water partition coefficient (Wildman–Crippen LogP) is 2.05. The van der Waals surface area contributed by atoms with Crippen molar-refractivity contribution in [3.8, 4) is 6.07 Å². The molecular weight excluding hydrogens is 278 g/mol. The number of anilines is 1. The zero-order valence-corrected chi connectivity index (χ0v) is 11.2. The van der Waals surface area contributed by atoms with Crippen molar-refractivity contribution in [2.75, 3.05) is 12.4 Å². The summed E-state index contributed by atoms with van der Waals surface area (Å²) in [5, 5.41) is 12.9. The second-order valence-corrected chi connectivity index (χ2v) is 4.57. The number of aromatic nitrogens is 1. The molecule has 1 amide bonds. The maximum atomic E-state index is 12.0. The van der Waals surface area contributed by atoms with Gasteiger partial charge in [0.25, 0.3) is 5.91 Å². The van der Waals surface area contributed by atoms with Gasteiger partial charge in [-0.25, -0.2) is 9.78 Å². The number of pyridine rings is 1. The highest BCUT2D eigenvalue weighted by Gasteiger charge is 2.16. The summed E-state index contributed by atoms with van der Waals surface area (Å²) in [6.45, 7) is 0. The van der Waals surface area contributed by atoms with Crippen molar-refractivity contribution in [2.45, 2.75) is 0 Å². The fourth-order valence-corrected chi connectivity index (χ4v) is 2.20. The minimum absolute atomic E-state index is 0.158. The summed E-state index contributed by atoms with van der Waals surface area (Å²) in [5.74, 6) is -0.971. The average Bonchev–Trinajstić information content (AvgIpc) is 2.94. The van der Waals surface area contributed by atoms with Crippen LogP contribution in [0.5, 0.6) is 0 Å². The van der Waals surface area contributed by atoms with Gasteiger partial charge in [-0.3, -0.25) is 4.79 Å². The van der Waals surface area contributed by atoms with Crippen LogP contribution in [0.2, 0.25) is 0 Å². The highest BCUT2D eigenvalue weighted by Crippen LogP contribution is 2.23. The highest BCUT2D eigenvalue weighted by atomic mass is 32.1. The summed E-state index contributed by atoms with van der Waals surface area (Å²) in [5.41, 5.74) is 0.899. The van der Waals surface area contributed by atoms with Gasteiger partial charge in [0.15, 0.2) is 0 Å². The summed E-state index contributed by atoms with van der Waals surface area (Å²) in [6, 6.07) is 6.47. The molecular formula is C13H9N3O3S. The average molecular weight is 287 g/mol. The summed E-state index contributed by atoms with van der Waals surface area (Å²) < 4.78 is 4.62. The van der Waals surface area contributed by atoms with Gasteiger partial charge in [0.05, 0.1) is 18.4 Å². The number of carbonyl (C=O) groups excluding carboxylic acids is 2. The number of ether oxygens (including phenoxy) is 1. The van der Waals surface area contributed by atoms with Crippen molar-refractivity contribution in [3.63, 3.8) is 0 Å². The molecule has 7 heteroatoms. The Morgan fingerprint density at radius 1 is 1.40 bits per heavy atom. The van der Waals surface area contributed by atoms with Gasteiger partial charge in [-0.2, -0.15) is 5.26 Å². The number of hydrogen-bond acceptors (Lipinski definition) is 6. The maximum absolute atomic E-state index is 12.0. The first kappa shape index (κ1) is 13.7. The Kier molecular flexibility index (Phi) is 4.08. The van der Waals surface area contributed by atoms with Crippen LogP contribution in [0.15, 0.2) is 29.8 Å². The van der Waals surface area contributed by atoms with Crippen LogP contribution in [0.25, 0.3) is 0 Å². The van der Waals surface area contributed by atoms with Gasteiger partial charge in [-0.15, -0.1) is 11.3 Å². The van der Waals surface area contributed by atoms with Crippen molar-refractivity contribution < 1.29 is 14.3 Å². The molecule has 2 heterocycles. The van der Waals surface area contributed by atoms with Crippen molar-refractivity contribution in [3.05, 3.63) is 45.9 Å². The number of hydrogen-bond donors (Lipinski definition) is 1. The van der Waals surface area contributed by atoms with Crippen LogP contribution in [0, 0.1) is 11.3 Å². The number of nitrogens with zero attached hydrogens (tertiary/aromatic N) is 2. The monoisotopic (exact) mass is 287 g/mol. The van der Waals surface area contributed by atoms with E-state index in [1.165, 1.54) is 36.8 Å². The molecule has 1 N–H and O–H groups in total. The van der Waals surface area contributed by atoms with Crippen LogP contribution in [-0.4, -0.2) is 24.0 Å². The summed E-state index contributed by atoms with van der Waals surface area (Å²) in [7, 11) is 1.27. The number of methoxy groups -OCH3 is 1. The number of rotatable bonds is 3. The Labute approximate surface area is 118 Å². The van der Waals surface area contributed by atoms with Crippen LogP contribution < -0.4 is 5.32 Å². The lowest BCUT2D eigenvalue weighted by atomic mass is 10.2. The fourth-order valence-electron chi connectivity index (χ4n) is 1.44. The Morgan fingerprint density at radius 3 is 2.80 bits per heavy atom. The van der Waals surface area contributed by atoms with E-state index < -0.39 is 11.9 Å². The molecule has 0 spiro atoms. The number of amides is 1. The van der Waals surface area contributed by atoms with Crippen LogP contribution >= 0.6 is 11.3 Å². The topological polar surface area (TPSA) is 92.1 Å². The smallest absolute Gasteiger partial charge is 0.350 e. The van der Waals surface area contributed by atoms with Gasteiger partial charge < -0.3 is 10.1 Å². The third-order valence-electron chi connectivity index (χ3n) is 2.41. The molecule has 20 heavy (non-hydrogen) atoms. The molecule has 0 unspecified atom stereocenters. The molecule has 2 aromatic rings. The maximum Gasteiger partial charge on any atom is 0.350 e. The Balaban J connectivity index is 2.17. The first-order valence-electron chi connectivity index (χ1n) is 5.49. The SMILES string of the molecule is COC(=O)c1sccc1NC(=O)c1ccc(C#N)cn1. The van der Waals surface area contributed by atoms with E-state index in [0.717, 1.165) is 0 Å². The van der Waals surface area contributed by atoms with Crippen LogP contribution in [0.1, 0.15) is 25.7 Å². The molecule has 0 saturated carbocycles. The molecule has 0 fully saturated rings. The molecule has 0 aliphatic heterocycles. The van der Waals surface area contributed by atoms with Gasteiger partial charge in [-0.1, -0.05) is 0 Å². The van der Waals surface area contributed by atoms with E-state index in [1.54, 1.807) is 11.4 Å². The number of nitriles is 1. The predicted molar refractivity (Wildman–Crippen MR) is 72.6 cm³/mol. The third-order valence-corrected chi connectivity index (χ3v) is 3.30. The number of nitrogens with one attached hydrogen (secondary N) is 1. The normalized spacial score (nSPS) is 9.60.